The predicted octanol–water partition coefficient (Wildman–Crippen LogP) is 3.07. The molecular formula is C17H22BrN5OS. The third-order valence-corrected chi connectivity index (χ3v) is 6.94. The number of hydrogen-bond acceptors (Lipinski definition) is 5. The smallest absolute Gasteiger partial charge is 0.171 e. The molecule has 0 bridgehead atoms. The lowest BCUT2D eigenvalue weighted by Gasteiger charge is -2.31. The largest absolute Gasteiger partial charge is 0.375 e. The van der Waals surface area contributed by atoms with Crippen molar-refractivity contribution in [3.63, 3.8) is 0 Å². The van der Waals surface area contributed by atoms with Gasteiger partial charge in [0.25, 0.3) is 0 Å². The van der Waals surface area contributed by atoms with Gasteiger partial charge in [0.1, 0.15) is 5.84 Å². The lowest BCUT2D eigenvalue weighted by atomic mass is 9.85. The van der Waals surface area contributed by atoms with Crippen LogP contribution in [-0.4, -0.2) is 52.4 Å². The van der Waals surface area contributed by atoms with Gasteiger partial charge in [-0.2, -0.15) is 0 Å². The number of thioether (sulfide) groups is 1. The highest BCUT2D eigenvalue weighted by molar-refractivity contribution is 9.09. The minimum absolute atomic E-state index is 0.182. The number of ether oxygens (including phenoxy) is 1. The van der Waals surface area contributed by atoms with E-state index in [-0.39, 0.29) is 10.9 Å². The van der Waals surface area contributed by atoms with Crippen molar-refractivity contribution in [2.45, 2.75) is 37.6 Å². The summed E-state index contributed by atoms with van der Waals surface area (Å²) in [4.78, 5) is 7.76. The van der Waals surface area contributed by atoms with Crippen molar-refractivity contribution in [3.05, 3.63) is 21.7 Å². The van der Waals surface area contributed by atoms with Crippen molar-refractivity contribution >= 4 is 44.5 Å². The molecule has 0 saturated carbocycles. The summed E-state index contributed by atoms with van der Waals surface area (Å²) in [5, 5.41) is 20.8. The Morgan fingerprint density at radius 1 is 1.36 bits per heavy atom. The molecule has 3 heterocycles. The lowest BCUT2D eigenvalue weighted by Crippen LogP contribution is -2.43. The Balaban J connectivity index is 1.64. The third kappa shape index (κ3) is 3.08. The first-order chi connectivity index (χ1) is 11.9. The summed E-state index contributed by atoms with van der Waals surface area (Å²) in [5.74, 6) is 1.34. The van der Waals surface area contributed by atoms with E-state index in [0.29, 0.717) is 24.2 Å². The second-order valence-corrected chi connectivity index (χ2v) is 9.16. The number of allylic oxidation sites excluding steroid dienone is 1. The molecule has 3 N–H and O–H groups in total. The van der Waals surface area contributed by atoms with E-state index < -0.39 is 0 Å². The highest BCUT2D eigenvalue weighted by Gasteiger charge is 2.38. The summed E-state index contributed by atoms with van der Waals surface area (Å²) in [5.41, 5.74) is 3.15. The van der Waals surface area contributed by atoms with Crippen LogP contribution in [-0.2, 0) is 4.74 Å². The van der Waals surface area contributed by atoms with E-state index in [9.17, 15) is 0 Å². The van der Waals surface area contributed by atoms with Crippen LogP contribution in [0.15, 0.2) is 26.7 Å². The Morgan fingerprint density at radius 2 is 2.16 bits per heavy atom. The molecule has 3 atom stereocenters. The fourth-order valence-electron chi connectivity index (χ4n) is 3.80. The van der Waals surface area contributed by atoms with Gasteiger partial charge in [0.15, 0.2) is 11.0 Å². The third-order valence-electron chi connectivity index (χ3n) is 4.98. The van der Waals surface area contributed by atoms with Gasteiger partial charge in [-0.3, -0.25) is 10.8 Å². The van der Waals surface area contributed by atoms with Gasteiger partial charge < -0.3 is 15.0 Å². The Bertz CT molecular complexity index is 743. The first kappa shape index (κ1) is 17.3. The van der Waals surface area contributed by atoms with Gasteiger partial charge in [0.2, 0.25) is 0 Å². The zero-order valence-corrected chi connectivity index (χ0v) is 16.8. The summed E-state index contributed by atoms with van der Waals surface area (Å²) >= 11 is 5.34. The molecule has 0 amide bonds. The van der Waals surface area contributed by atoms with Crippen LogP contribution in [0, 0.1) is 16.7 Å². The maximum absolute atomic E-state index is 8.37. The van der Waals surface area contributed by atoms with Crippen molar-refractivity contribution in [2.24, 2.45) is 10.9 Å². The number of morpholine rings is 1. The van der Waals surface area contributed by atoms with Crippen LogP contribution in [0.3, 0.4) is 0 Å². The summed E-state index contributed by atoms with van der Waals surface area (Å²) in [6, 6.07) is 0. The van der Waals surface area contributed by atoms with Gasteiger partial charge >= 0.3 is 0 Å². The molecule has 3 aliphatic heterocycles. The summed E-state index contributed by atoms with van der Waals surface area (Å²) in [6.07, 6.45) is 2.16. The van der Waals surface area contributed by atoms with E-state index in [1.807, 2.05) is 0 Å². The minimum atomic E-state index is 0.182. The van der Waals surface area contributed by atoms with Crippen molar-refractivity contribution in [3.8, 4) is 0 Å². The number of hydrogen-bond donors (Lipinski definition) is 3. The van der Waals surface area contributed by atoms with Crippen LogP contribution in [0.4, 0.5) is 0 Å². The second kappa shape index (κ2) is 6.55. The van der Waals surface area contributed by atoms with Gasteiger partial charge in [-0.1, -0.05) is 22.9 Å². The molecule has 1 aliphatic carbocycles. The molecule has 1 fully saturated rings. The van der Waals surface area contributed by atoms with Gasteiger partial charge in [-0.05, 0) is 43.0 Å². The molecule has 4 aliphatic rings. The number of nitrogens with one attached hydrogen (secondary N) is 3. The van der Waals surface area contributed by atoms with Crippen LogP contribution in [0.2, 0.25) is 0 Å². The zero-order valence-electron chi connectivity index (χ0n) is 14.4. The van der Waals surface area contributed by atoms with E-state index in [2.05, 4.69) is 45.0 Å². The van der Waals surface area contributed by atoms with Gasteiger partial charge in [-0.25, -0.2) is 4.99 Å². The molecule has 0 radical (unpaired) electrons. The Labute approximate surface area is 160 Å². The maximum Gasteiger partial charge on any atom is 0.171 e. The summed E-state index contributed by atoms with van der Waals surface area (Å²) < 4.78 is 5.60. The fourth-order valence-corrected chi connectivity index (χ4v) is 5.96. The molecule has 3 unspecified atom stereocenters. The first-order valence-corrected chi connectivity index (χ1v) is 10.4. The molecule has 25 heavy (non-hydrogen) atoms. The molecule has 0 spiro atoms. The number of alkyl halides is 1. The number of nitrogens with zero attached hydrogens (tertiary/aromatic N) is 2. The predicted molar refractivity (Wildman–Crippen MR) is 106 cm³/mol. The topological polar surface area (TPSA) is 84.6 Å². The quantitative estimate of drug-likeness (QED) is 0.522. The molecule has 1 saturated heterocycles. The molecular weight excluding hydrogens is 402 g/mol. The summed E-state index contributed by atoms with van der Waals surface area (Å²) in [7, 11) is 0. The van der Waals surface area contributed by atoms with E-state index in [1.165, 1.54) is 0 Å². The van der Waals surface area contributed by atoms with E-state index in [1.54, 1.807) is 11.8 Å². The zero-order chi connectivity index (χ0) is 17.7. The SMILES string of the molecule is CC1CC2=C(C(=C3SC(N4CCOC(C)C4)=NC3=N)NC2=N)C(Br)C1. The van der Waals surface area contributed by atoms with Crippen molar-refractivity contribution in [1.82, 2.24) is 10.2 Å². The summed E-state index contributed by atoms with van der Waals surface area (Å²) in [6.45, 7) is 6.59. The Morgan fingerprint density at radius 3 is 2.92 bits per heavy atom. The highest BCUT2D eigenvalue weighted by Crippen LogP contribution is 2.44. The van der Waals surface area contributed by atoms with Crippen LogP contribution in [0.25, 0.3) is 0 Å². The second-order valence-electron chi connectivity index (χ2n) is 7.08. The Kier molecular flexibility index (Phi) is 4.54. The molecule has 0 aromatic rings. The first-order valence-electron chi connectivity index (χ1n) is 8.63. The number of aliphatic imine (C=N–C) groups is 1. The van der Waals surface area contributed by atoms with E-state index in [0.717, 1.165) is 52.8 Å². The van der Waals surface area contributed by atoms with Crippen LogP contribution in [0.1, 0.15) is 26.7 Å². The van der Waals surface area contributed by atoms with Crippen molar-refractivity contribution in [1.29, 1.82) is 10.8 Å². The number of rotatable bonds is 0. The Hall–Kier alpha value is -1.12. The normalized spacial score (nSPS) is 35.9. The van der Waals surface area contributed by atoms with Crippen molar-refractivity contribution < 1.29 is 4.74 Å². The molecule has 8 heteroatoms. The minimum Gasteiger partial charge on any atom is -0.375 e. The average molecular weight is 424 g/mol. The monoisotopic (exact) mass is 423 g/mol. The molecule has 134 valence electrons. The van der Waals surface area contributed by atoms with Crippen LogP contribution in [0.5, 0.6) is 0 Å². The number of halogens is 1. The number of amidine groups is 3. The van der Waals surface area contributed by atoms with Gasteiger partial charge in [-0.15, -0.1) is 0 Å². The molecule has 6 nitrogen and oxygen atoms in total. The maximum atomic E-state index is 8.37. The van der Waals surface area contributed by atoms with E-state index >= 15 is 0 Å². The van der Waals surface area contributed by atoms with Gasteiger partial charge in [0.05, 0.1) is 23.3 Å². The highest BCUT2D eigenvalue weighted by atomic mass is 79.9. The molecule has 0 aromatic carbocycles. The van der Waals surface area contributed by atoms with Gasteiger partial charge in [0, 0.05) is 23.5 Å². The fraction of sp³-hybridized carbons (Fsp3) is 0.588. The van der Waals surface area contributed by atoms with E-state index in [4.69, 9.17) is 15.6 Å². The van der Waals surface area contributed by atoms with Crippen LogP contribution >= 0.6 is 27.7 Å². The standard InChI is InChI=1S/C17H22BrN5OS/c1-8-5-10-12(11(18)6-8)13(21-15(10)19)14-16(20)22-17(25-14)23-3-4-24-9(2)7-23/h8-9,11,20H,3-7H2,1-2H3,(H2,19,21). The average Bonchev–Trinajstić information content (AvgIpc) is 3.08. The molecule has 4 rings (SSSR count). The van der Waals surface area contributed by atoms with Crippen LogP contribution < -0.4 is 5.32 Å². The lowest BCUT2D eigenvalue weighted by molar-refractivity contribution is 0.00688. The molecule has 0 aromatic heterocycles. The van der Waals surface area contributed by atoms with Crippen molar-refractivity contribution in [2.75, 3.05) is 19.7 Å².